The number of rotatable bonds is 4. The predicted octanol–water partition coefficient (Wildman–Crippen LogP) is 3.31. The number of likely N-dealkylation sites (N-methyl/N-ethyl adjacent to an activating group) is 2. The number of aromatic nitrogens is 3. The summed E-state index contributed by atoms with van der Waals surface area (Å²) in [5, 5.41) is 2.92. The molecular formula is C23H30N8O2. The van der Waals surface area contributed by atoms with E-state index in [1.54, 1.807) is 23.9 Å². The first-order valence-corrected chi connectivity index (χ1v) is 11.1. The lowest BCUT2D eigenvalue weighted by Crippen LogP contribution is -2.49. The second-order valence-corrected chi connectivity index (χ2v) is 9.68. The Bertz CT molecular complexity index is 1080. The fourth-order valence-corrected chi connectivity index (χ4v) is 4.37. The molecule has 0 saturated carbocycles. The number of nitrogens with zero attached hydrogens (tertiary/aromatic N) is 6. The molecule has 4 heterocycles. The van der Waals surface area contributed by atoms with E-state index >= 15 is 0 Å². The second kappa shape index (κ2) is 8.73. The number of hydrogen-bond donors (Lipinski definition) is 2. The number of anilines is 2. The molecule has 3 amide bonds. The third-order valence-corrected chi connectivity index (χ3v) is 6.52. The molecule has 10 heteroatoms. The van der Waals surface area contributed by atoms with E-state index < -0.39 is 5.91 Å². The number of pyridine rings is 1. The van der Waals surface area contributed by atoms with Gasteiger partial charge in [-0.05, 0) is 30.4 Å². The van der Waals surface area contributed by atoms with Crippen LogP contribution in [0.1, 0.15) is 48.9 Å². The minimum absolute atomic E-state index is 0.00542. The van der Waals surface area contributed by atoms with E-state index in [2.05, 4.69) is 38.9 Å². The molecule has 0 bridgehead atoms. The zero-order valence-corrected chi connectivity index (χ0v) is 19.6. The van der Waals surface area contributed by atoms with Crippen molar-refractivity contribution in [2.45, 2.75) is 32.6 Å². The van der Waals surface area contributed by atoms with Crippen molar-refractivity contribution >= 4 is 29.3 Å². The number of imidazole rings is 1. The minimum Gasteiger partial charge on any atom is -0.363 e. The summed E-state index contributed by atoms with van der Waals surface area (Å²) in [6, 6.07) is 3.80. The fraction of sp³-hybridized carbons (Fsp3) is 0.522. The number of amides is 3. The standard InChI is InChI=1S/C23H30N8O2/c1-23(2)8-10-31(11-9-23)20-17(27-21(32)19-25-12-18(24-3)28-19)7-6-16(26-20)15-13-29(4)22(33)30(5)14-15/h6-7,12,15H,8-11,13-14H2,1-2,4-5H3,(H,25,28)(H,27,32). The number of carbonyl (C=O) groups excluding carboxylic acids is 2. The summed E-state index contributed by atoms with van der Waals surface area (Å²) in [5.41, 5.74) is 1.78. The summed E-state index contributed by atoms with van der Waals surface area (Å²) in [5.74, 6) is 0.696. The van der Waals surface area contributed by atoms with Crippen molar-refractivity contribution in [1.82, 2.24) is 24.8 Å². The highest BCUT2D eigenvalue weighted by Gasteiger charge is 2.31. The molecule has 2 aromatic heterocycles. The van der Waals surface area contributed by atoms with Crippen molar-refractivity contribution in [1.29, 1.82) is 0 Å². The van der Waals surface area contributed by atoms with Gasteiger partial charge in [-0.25, -0.2) is 14.8 Å². The van der Waals surface area contributed by atoms with Gasteiger partial charge in [-0.2, -0.15) is 0 Å². The SMILES string of the molecule is [C-]#[N+]c1cnc(C(=O)Nc2ccc(C3CN(C)C(=O)N(C)C3)nc2N2CCC(C)(C)CC2)[nH]1. The van der Waals surface area contributed by atoms with Gasteiger partial charge in [-0.15, -0.1) is 0 Å². The molecule has 2 aromatic rings. The summed E-state index contributed by atoms with van der Waals surface area (Å²) >= 11 is 0. The van der Waals surface area contributed by atoms with Crippen LogP contribution in [0.15, 0.2) is 18.3 Å². The molecule has 2 aliphatic heterocycles. The van der Waals surface area contributed by atoms with Crippen LogP contribution in [0.2, 0.25) is 0 Å². The van der Waals surface area contributed by atoms with Crippen molar-refractivity contribution in [2.75, 3.05) is 50.5 Å². The number of aromatic amines is 1. The molecule has 33 heavy (non-hydrogen) atoms. The average Bonchev–Trinajstić information content (AvgIpc) is 3.27. The van der Waals surface area contributed by atoms with Gasteiger partial charge in [0.05, 0.1) is 11.9 Å². The van der Waals surface area contributed by atoms with Gasteiger partial charge < -0.3 is 24.9 Å². The first kappa shape index (κ1) is 22.6. The topological polar surface area (TPSA) is 102 Å². The summed E-state index contributed by atoms with van der Waals surface area (Å²) in [7, 11) is 3.60. The molecule has 4 rings (SSSR count). The second-order valence-electron chi connectivity index (χ2n) is 9.68. The molecule has 2 saturated heterocycles. The maximum atomic E-state index is 12.8. The lowest BCUT2D eigenvalue weighted by atomic mass is 9.82. The summed E-state index contributed by atoms with van der Waals surface area (Å²) in [4.78, 5) is 45.6. The van der Waals surface area contributed by atoms with Gasteiger partial charge in [0.25, 0.3) is 5.82 Å². The Labute approximate surface area is 193 Å². The molecule has 0 aromatic carbocycles. The Morgan fingerprint density at radius 3 is 2.48 bits per heavy atom. The zero-order valence-electron chi connectivity index (χ0n) is 19.6. The van der Waals surface area contributed by atoms with Gasteiger partial charge in [0, 0.05) is 51.9 Å². The van der Waals surface area contributed by atoms with Crippen molar-refractivity contribution in [3.63, 3.8) is 0 Å². The average molecular weight is 451 g/mol. The van der Waals surface area contributed by atoms with E-state index in [0.717, 1.165) is 37.4 Å². The van der Waals surface area contributed by atoms with E-state index in [1.165, 1.54) is 6.20 Å². The highest BCUT2D eigenvalue weighted by molar-refractivity contribution is 6.03. The molecular weight excluding hydrogens is 420 g/mol. The number of piperidine rings is 1. The molecule has 0 spiro atoms. The zero-order chi connectivity index (χ0) is 23.8. The molecule has 0 aliphatic carbocycles. The molecule has 2 aliphatic rings. The van der Waals surface area contributed by atoms with Crippen LogP contribution >= 0.6 is 0 Å². The monoisotopic (exact) mass is 450 g/mol. The molecule has 0 atom stereocenters. The fourth-order valence-electron chi connectivity index (χ4n) is 4.37. The highest BCUT2D eigenvalue weighted by Crippen LogP contribution is 2.35. The lowest BCUT2D eigenvalue weighted by Gasteiger charge is -2.39. The van der Waals surface area contributed by atoms with E-state index in [-0.39, 0.29) is 29.0 Å². The molecule has 2 N–H and O–H groups in total. The predicted molar refractivity (Wildman–Crippen MR) is 126 cm³/mol. The van der Waals surface area contributed by atoms with Gasteiger partial charge in [0.1, 0.15) is 0 Å². The number of carbonyl (C=O) groups is 2. The highest BCUT2D eigenvalue weighted by atomic mass is 16.2. The van der Waals surface area contributed by atoms with Gasteiger partial charge in [0.2, 0.25) is 5.82 Å². The van der Waals surface area contributed by atoms with E-state index in [1.807, 2.05) is 12.1 Å². The first-order valence-electron chi connectivity index (χ1n) is 11.1. The minimum atomic E-state index is -0.416. The van der Waals surface area contributed by atoms with Gasteiger partial charge >= 0.3 is 11.9 Å². The number of urea groups is 1. The van der Waals surface area contributed by atoms with Crippen LogP contribution in [0.4, 0.5) is 22.1 Å². The number of H-pyrrole nitrogens is 1. The van der Waals surface area contributed by atoms with Gasteiger partial charge in [-0.1, -0.05) is 20.4 Å². The summed E-state index contributed by atoms with van der Waals surface area (Å²) < 4.78 is 0. The van der Waals surface area contributed by atoms with Crippen LogP contribution < -0.4 is 10.2 Å². The summed E-state index contributed by atoms with van der Waals surface area (Å²) in [6.07, 6.45) is 3.40. The third kappa shape index (κ3) is 4.77. The summed E-state index contributed by atoms with van der Waals surface area (Å²) in [6.45, 7) is 14.5. The molecule has 174 valence electrons. The van der Waals surface area contributed by atoms with Crippen LogP contribution in [-0.2, 0) is 0 Å². The molecule has 2 fully saturated rings. The van der Waals surface area contributed by atoms with E-state index in [4.69, 9.17) is 11.6 Å². The smallest absolute Gasteiger partial charge is 0.319 e. The van der Waals surface area contributed by atoms with Crippen molar-refractivity contribution in [3.05, 3.63) is 41.3 Å². The van der Waals surface area contributed by atoms with Crippen molar-refractivity contribution in [3.8, 4) is 0 Å². The van der Waals surface area contributed by atoms with E-state index in [0.29, 0.717) is 18.8 Å². The normalized spacial score (nSPS) is 18.9. The Balaban J connectivity index is 1.63. The van der Waals surface area contributed by atoms with Crippen LogP contribution in [0.5, 0.6) is 0 Å². The largest absolute Gasteiger partial charge is 0.363 e. The number of nitrogens with one attached hydrogen (secondary N) is 2. The Kier molecular flexibility index (Phi) is 5.97. The van der Waals surface area contributed by atoms with E-state index in [9.17, 15) is 9.59 Å². The number of hydrogen-bond acceptors (Lipinski definition) is 5. The van der Waals surface area contributed by atoms with Crippen molar-refractivity contribution < 1.29 is 9.59 Å². The Morgan fingerprint density at radius 2 is 1.88 bits per heavy atom. The quantitative estimate of drug-likeness (QED) is 0.696. The maximum absolute atomic E-state index is 12.8. The molecule has 0 radical (unpaired) electrons. The lowest BCUT2D eigenvalue weighted by molar-refractivity contribution is 0.101. The van der Waals surface area contributed by atoms with Crippen LogP contribution in [0.3, 0.4) is 0 Å². The van der Waals surface area contributed by atoms with Gasteiger partial charge in [0.15, 0.2) is 5.82 Å². The first-order chi connectivity index (χ1) is 15.7. The Hall–Kier alpha value is -3.61. The molecule has 0 unspecified atom stereocenters. The molecule has 10 nitrogen and oxygen atoms in total. The Morgan fingerprint density at radius 1 is 1.21 bits per heavy atom. The third-order valence-electron chi connectivity index (χ3n) is 6.52. The van der Waals surface area contributed by atoms with Gasteiger partial charge in [-0.3, -0.25) is 9.78 Å². The van der Waals surface area contributed by atoms with Crippen LogP contribution in [0, 0.1) is 12.0 Å². The van der Waals surface area contributed by atoms with Crippen molar-refractivity contribution in [2.24, 2.45) is 5.41 Å². The van der Waals surface area contributed by atoms with Crippen LogP contribution in [-0.4, -0.2) is 77.0 Å². The maximum Gasteiger partial charge on any atom is 0.319 e. The van der Waals surface area contributed by atoms with Crippen LogP contribution in [0.25, 0.3) is 4.85 Å².